The van der Waals surface area contributed by atoms with E-state index in [9.17, 15) is 63.0 Å². The van der Waals surface area contributed by atoms with E-state index in [4.69, 9.17) is 33.4 Å². The van der Waals surface area contributed by atoms with Crippen LogP contribution in [0.1, 0.15) is 108 Å². The van der Waals surface area contributed by atoms with Crippen LogP contribution < -0.4 is 75.9 Å². The maximum absolute atomic E-state index is 14.6. The Bertz CT molecular complexity index is 2850. The van der Waals surface area contributed by atoms with Crippen molar-refractivity contribution < 1.29 is 67.7 Å². The van der Waals surface area contributed by atoms with Crippen LogP contribution in [0.4, 0.5) is 0 Å². The number of carbonyl (C=O) groups excluding carboxylic acids is 11. The van der Waals surface area contributed by atoms with Gasteiger partial charge >= 0.3 is 0 Å². The Hall–Kier alpha value is -8.05. The molecule has 1 fully saturated rings. The van der Waals surface area contributed by atoms with Gasteiger partial charge < -0.3 is 86.2 Å². The molecule has 494 valence electrons. The number of aliphatic hydroxyl groups excluding tert-OH is 2. The highest BCUT2D eigenvalue weighted by Gasteiger charge is 2.38. The maximum Gasteiger partial charge on any atom is 0.245 e. The summed E-state index contributed by atoms with van der Waals surface area (Å²) in [5.41, 5.74) is 30.5. The second-order valence-electron chi connectivity index (χ2n) is 23.0. The van der Waals surface area contributed by atoms with Crippen LogP contribution in [0.5, 0.6) is 11.5 Å². The molecule has 90 heavy (non-hydrogen) atoms. The third-order valence-electron chi connectivity index (χ3n) is 15.2. The van der Waals surface area contributed by atoms with Gasteiger partial charge in [-0.15, -0.1) is 0 Å². The molecule has 3 aromatic carbocycles. The van der Waals surface area contributed by atoms with Gasteiger partial charge in [0.25, 0.3) is 0 Å². The van der Waals surface area contributed by atoms with Crippen molar-refractivity contribution in [3.8, 4) is 11.5 Å². The lowest BCUT2D eigenvalue weighted by Crippen LogP contribution is -2.60. The zero-order valence-corrected chi connectivity index (χ0v) is 51.8. The molecule has 0 spiro atoms. The van der Waals surface area contributed by atoms with Gasteiger partial charge in [-0.1, -0.05) is 62.4 Å². The van der Waals surface area contributed by atoms with Gasteiger partial charge in [0, 0.05) is 49.1 Å². The number of Topliss-reactive ketones (excluding diaryl/α,β-unsaturated/α-hetero) is 3. The molecule has 27 heteroatoms. The summed E-state index contributed by atoms with van der Waals surface area (Å²) >= 11 is 0. The highest BCUT2D eigenvalue weighted by molar-refractivity contribution is 6.01. The molecule has 0 unspecified atom stereocenters. The normalized spacial score (nSPS) is 22.0. The lowest BCUT2D eigenvalue weighted by molar-refractivity contribution is -0.137. The number of nitrogens with two attached hydrogens (primary N) is 5. The molecule has 0 aromatic heterocycles. The zero-order chi connectivity index (χ0) is 66.5. The highest BCUT2D eigenvalue weighted by Crippen LogP contribution is 2.24. The smallest absolute Gasteiger partial charge is 0.245 e. The van der Waals surface area contributed by atoms with Crippen molar-refractivity contribution in [2.24, 2.45) is 52.3 Å². The predicted molar refractivity (Wildman–Crippen MR) is 334 cm³/mol. The number of hydrogen-bond acceptors (Lipinski definition) is 19. The molecule has 1 saturated heterocycles. The van der Waals surface area contributed by atoms with Crippen molar-refractivity contribution in [2.75, 3.05) is 39.3 Å². The summed E-state index contributed by atoms with van der Waals surface area (Å²) in [6, 6.07) is 13.7. The van der Waals surface area contributed by atoms with Crippen molar-refractivity contribution in [2.45, 2.75) is 153 Å². The second kappa shape index (κ2) is 38.5. The minimum Gasteiger partial charge on any atom is -0.457 e. The summed E-state index contributed by atoms with van der Waals surface area (Å²) in [4.78, 5) is 156. The molecule has 27 nitrogen and oxygen atoms in total. The molecule has 1 aliphatic heterocycles. The van der Waals surface area contributed by atoms with E-state index in [0.717, 1.165) is 0 Å². The summed E-state index contributed by atoms with van der Waals surface area (Å²) in [5.74, 6) is -11.5. The Balaban J connectivity index is 1.68. The molecule has 3 aromatic rings. The molecule has 0 bridgehead atoms. The number of para-hydroxylation sites is 1. The monoisotopic (exact) mass is 1260 g/mol. The van der Waals surface area contributed by atoms with Gasteiger partial charge in [-0.3, -0.25) is 52.7 Å². The van der Waals surface area contributed by atoms with Crippen LogP contribution in [-0.2, 0) is 54.4 Å². The number of rotatable bonds is 28. The third-order valence-corrected chi connectivity index (χ3v) is 15.2. The first-order valence-electron chi connectivity index (χ1n) is 30.7. The van der Waals surface area contributed by atoms with Crippen molar-refractivity contribution in [3.63, 3.8) is 0 Å². The van der Waals surface area contributed by atoms with Gasteiger partial charge in [0.05, 0.1) is 18.2 Å². The first-order valence-corrected chi connectivity index (χ1v) is 30.7. The van der Waals surface area contributed by atoms with Crippen LogP contribution in [0.25, 0.3) is 0 Å². The predicted octanol–water partition coefficient (Wildman–Crippen LogP) is -1.47. The number of ketones is 3. The maximum atomic E-state index is 14.6. The molecule has 0 saturated carbocycles. The summed E-state index contributed by atoms with van der Waals surface area (Å²) in [7, 11) is 0. The quantitative estimate of drug-likeness (QED) is 0.0369. The number of hydrogen-bond donors (Lipinski definition) is 15. The van der Waals surface area contributed by atoms with Gasteiger partial charge in [0.2, 0.25) is 47.3 Å². The Morgan fingerprint density at radius 3 is 1.63 bits per heavy atom. The van der Waals surface area contributed by atoms with Crippen molar-refractivity contribution in [1.82, 2.24) is 42.5 Å². The second-order valence-corrected chi connectivity index (χ2v) is 23.0. The molecule has 8 amide bonds. The number of benzene rings is 3. The lowest BCUT2D eigenvalue weighted by Gasteiger charge is -2.28. The van der Waals surface area contributed by atoms with Crippen molar-refractivity contribution >= 4 is 64.6 Å². The fraction of sp³-hybridized carbons (Fsp3) is 0.540. The third kappa shape index (κ3) is 24.4. The van der Waals surface area contributed by atoms with E-state index in [-0.39, 0.29) is 95.6 Å². The lowest BCUT2D eigenvalue weighted by atomic mass is 9.89. The van der Waals surface area contributed by atoms with Crippen LogP contribution in [0.3, 0.4) is 0 Å². The molecular weight excluding hydrogens is 1160 g/mol. The summed E-state index contributed by atoms with van der Waals surface area (Å²) in [5, 5.41) is 42.5. The summed E-state index contributed by atoms with van der Waals surface area (Å²) in [6.45, 7) is 5.03. The standard InChI is InChI=1S/C63H93N13O14/c1-36(2)31-50-62(88)73-47(22-28-67)59(85)72-48(23-29-68)61(87)76-55(38(4)78)63(89)69-30-24-49(60(86)70-46(21-27-66)52(80)35-43(58(84)74-50)32-39-11-7-5-8-12-39)71-56(82)42(20-26-65)34-53(81)54(37(3)77)75-57(83)41(19-25-64)33-51(79)40-15-17-45(18-16-40)90-44-13-9-6-10-14-44/h5-18,36-38,41-43,46-50,54-55,77-78H,19-35,64-68H2,1-4H3,(H,69,89)(H,70,86)(H,71,82)(H,72,85)(H,73,88)(H,74,84)(H,75,83)(H,76,87)/t37-,38-,41-,42-,43+,46+,47+,48+,49+,50+,54+,55+/m1/s1. The number of nitrogens with one attached hydrogen (secondary N) is 8. The average molecular weight is 1260 g/mol. The summed E-state index contributed by atoms with van der Waals surface area (Å²) < 4.78 is 5.82. The van der Waals surface area contributed by atoms with Crippen LogP contribution >= 0.6 is 0 Å². The molecule has 4 rings (SSSR count). The van der Waals surface area contributed by atoms with Crippen LogP contribution in [-0.4, -0.2) is 169 Å². The van der Waals surface area contributed by atoms with Gasteiger partial charge in [-0.2, -0.15) is 0 Å². The summed E-state index contributed by atoms with van der Waals surface area (Å²) in [6.07, 6.45) is -5.51. The highest BCUT2D eigenvalue weighted by atomic mass is 16.5. The molecule has 1 aliphatic rings. The SMILES string of the molecule is CC(C)C[C@@H]1NC(=O)[C@@H](Cc2ccccc2)CC(=O)[C@H](CCN)NC(=O)[C@@H](NC(=O)[C@H](CCN)CC(=O)[C@@H](NC(=O)[C@H](CCN)CC(=O)c2ccc(Oc3ccccc3)cc2)[C@@H](C)O)CCNC(=O)[C@H]([C@@H](C)O)NC(=O)[C@H](CCN)NC(=O)[C@H](CCN)NC1=O. The Morgan fingerprint density at radius 1 is 0.578 bits per heavy atom. The van der Waals surface area contributed by atoms with Crippen LogP contribution in [0, 0.1) is 23.7 Å². The van der Waals surface area contributed by atoms with Crippen molar-refractivity contribution in [1.29, 1.82) is 0 Å². The van der Waals surface area contributed by atoms with Crippen LogP contribution in [0.15, 0.2) is 84.9 Å². The minimum absolute atomic E-state index is 0.0111. The number of aliphatic hydroxyl groups is 2. The van der Waals surface area contributed by atoms with Gasteiger partial charge in [0.1, 0.15) is 47.8 Å². The molecule has 0 aliphatic carbocycles. The molecule has 12 atom stereocenters. The van der Waals surface area contributed by atoms with Crippen molar-refractivity contribution in [3.05, 3.63) is 96.1 Å². The van der Waals surface area contributed by atoms with E-state index in [1.807, 2.05) is 18.2 Å². The topological polar surface area (TPSA) is 464 Å². The first-order chi connectivity index (χ1) is 42.9. The van der Waals surface area contributed by atoms with E-state index in [2.05, 4.69) is 42.5 Å². The van der Waals surface area contributed by atoms with E-state index in [1.165, 1.54) is 13.8 Å². The van der Waals surface area contributed by atoms with E-state index in [0.29, 0.717) is 17.1 Å². The Kier molecular flexibility index (Phi) is 31.8. The Morgan fingerprint density at radius 2 is 1.09 bits per heavy atom. The minimum atomic E-state index is -1.68. The van der Waals surface area contributed by atoms with Gasteiger partial charge in [-0.05, 0) is 146 Å². The molecular formula is C63H93N13O14. The van der Waals surface area contributed by atoms with E-state index < -0.39 is 163 Å². The molecule has 0 radical (unpaired) electrons. The van der Waals surface area contributed by atoms with Gasteiger partial charge in [0.15, 0.2) is 17.3 Å². The van der Waals surface area contributed by atoms with Gasteiger partial charge in [-0.25, -0.2) is 0 Å². The Labute approximate surface area is 525 Å². The fourth-order valence-electron chi connectivity index (χ4n) is 10.2. The van der Waals surface area contributed by atoms with Crippen LogP contribution in [0.2, 0.25) is 0 Å². The number of carbonyl (C=O) groups is 11. The zero-order valence-electron chi connectivity index (χ0n) is 51.8. The number of ether oxygens (including phenoxy) is 1. The van der Waals surface area contributed by atoms with E-state index >= 15 is 0 Å². The molecule has 20 N–H and O–H groups in total. The number of amides is 8. The first kappa shape index (κ1) is 74.4. The largest absolute Gasteiger partial charge is 0.457 e. The van der Waals surface area contributed by atoms with E-state index in [1.54, 1.807) is 80.6 Å². The molecule has 1 heterocycles. The fourth-order valence-corrected chi connectivity index (χ4v) is 10.2. The average Bonchev–Trinajstić information content (AvgIpc) is 2.48.